The van der Waals surface area contributed by atoms with Gasteiger partial charge in [-0.3, -0.25) is 4.79 Å². The lowest BCUT2D eigenvalue weighted by Crippen LogP contribution is -2.39. The van der Waals surface area contributed by atoms with Crippen molar-refractivity contribution in [2.75, 3.05) is 13.2 Å². The summed E-state index contributed by atoms with van der Waals surface area (Å²) in [6.45, 7) is 6.70. The average Bonchev–Trinajstić information content (AvgIpc) is 2.38. The highest BCUT2D eigenvalue weighted by Crippen LogP contribution is 2.23. The van der Waals surface area contributed by atoms with Gasteiger partial charge in [-0.2, -0.15) is 0 Å². The summed E-state index contributed by atoms with van der Waals surface area (Å²) >= 11 is 3.42. The summed E-state index contributed by atoms with van der Waals surface area (Å²) in [5.74, 6) is 1.01. The normalized spacial score (nSPS) is 12.3. The summed E-state index contributed by atoms with van der Waals surface area (Å²) in [4.78, 5) is 11.8. The summed E-state index contributed by atoms with van der Waals surface area (Å²) in [5.41, 5.74) is 6.59. The van der Waals surface area contributed by atoms with Crippen LogP contribution in [0.3, 0.4) is 0 Å². The lowest BCUT2D eigenvalue weighted by atomic mass is 10.1. The number of hydrogen-bond donors (Lipinski definition) is 2. The standard InChI is InChI=1S/C15H23BrN2O2/c1-10(2)11(3)18-15(19)9-20-14-5-4-13(16)8-12(14)6-7-17/h4-5,8,10-11H,6-7,9,17H2,1-3H3,(H,18,19). The van der Waals surface area contributed by atoms with Crippen LogP contribution in [-0.4, -0.2) is 25.1 Å². The van der Waals surface area contributed by atoms with Crippen molar-refractivity contribution in [3.05, 3.63) is 28.2 Å². The summed E-state index contributed by atoms with van der Waals surface area (Å²) in [5, 5.41) is 2.91. The van der Waals surface area contributed by atoms with Gasteiger partial charge in [-0.05, 0) is 49.6 Å². The molecule has 1 unspecified atom stereocenters. The maximum atomic E-state index is 11.8. The van der Waals surface area contributed by atoms with E-state index in [4.69, 9.17) is 10.5 Å². The van der Waals surface area contributed by atoms with E-state index in [1.807, 2.05) is 25.1 Å². The van der Waals surface area contributed by atoms with Gasteiger partial charge in [-0.25, -0.2) is 0 Å². The Morgan fingerprint density at radius 3 is 2.70 bits per heavy atom. The van der Waals surface area contributed by atoms with E-state index in [0.29, 0.717) is 18.2 Å². The summed E-state index contributed by atoms with van der Waals surface area (Å²) < 4.78 is 6.58. The Kier molecular flexibility index (Phi) is 7.02. The zero-order chi connectivity index (χ0) is 15.1. The summed E-state index contributed by atoms with van der Waals surface area (Å²) in [6, 6.07) is 5.86. The topological polar surface area (TPSA) is 64.3 Å². The molecule has 0 radical (unpaired) electrons. The molecule has 0 spiro atoms. The van der Waals surface area contributed by atoms with E-state index in [1.165, 1.54) is 0 Å². The Balaban J connectivity index is 2.59. The third kappa shape index (κ3) is 5.51. The highest BCUT2D eigenvalue weighted by Gasteiger charge is 2.12. The molecule has 0 fully saturated rings. The van der Waals surface area contributed by atoms with Gasteiger partial charge >= 0.3 is 0 Å². The second-order valence-electron chi connectivity index (χ2n) is 5.18. The molecule has 3 N–H and O–H groups in total. The van der Waals surface area contributed by atoms with Crippen LogP contribution in [-0.2, 0) is 11.2 Å². The molecule has 5 heteroatoms. The van der Waals surface area contributed by atoms with Crippen LogP contribution in [0.15, 0.2) is 22.7 Å². The van der Waals surface area contributed by atoms with Crippen LogP contribution >= 0.6 is 15.9 Å². The fraction of sp³-hybridized carbons (Fsp3) is 0.533. The number of benzene rings is 1. The van der Waals surface area contributed by atoms with Crippen LogP contribution in [0, 0.1) is 5.92 Å². The van der Waals surface area contributed by atoms with E-state index in [9.17, 15) is 4.79 Å². The fourth-order valence-electron chi connectivity index (χ4n) is 1.65. The Bertz CT molecular complexity index is 449. The van der Waals surface area contributed by atoms with E-state index in [1.54, 1.807) is 0 Å². The van der Waals surface area contributed by atoms with Crippen molar-refractivity contribution in [3.63, 3.8) is 0 Å². The first kappa shape index (κ1) is 17.0. The zero-order valence-electron chi connectivity index (χ0n) is 12.3. The minimum atomic E-state index is -0.104. The predicted octanol–water partition coefficient (Wildman–Crippen LogP) is 2.49. The highest BCUT2D eigenvalue weighted by atomic mass is 79.9. The zero-order valence-corrected chi connectivity index (χ0v) is 13.9. The Morgan fingerprint density at radius 1 is 1.40 bits per heavy atom. The number of halogens is 1. The molecule has 112 valence electrons. The number of carbonyl (C=O) groups excluding carboxylic acids is 1. The molecule has 1 amide bonds. The molecule has 1 aromatic carbocycles. The number of nitrogens with one attached hydrogen (secondary N) is 1. The van der Waals surface area contributed by atoms with Crippen molar-refractivity contribution in [3.8, 4) is 5.75 Å². The van der Waals surface area contributed by atoms with Gasteiger partial charge in [0, 0.05) is 10.5 Å². The van der Waals surface area contributed by atoms with Gasteiger partial charge in [-0.1, -0.05) is 29.8 Å². The fourth-order valence-corrected chi connectivity index (χ4v) is 2.05. The SMILES string of the molecule is CC(C)C(C)NC(=O)COc1ccc(Br)cc1CCN. The lowest BCUT2D eigenvalue weighted by molar-refractivity contribution is -0.124. The minimum absolute atomic E-state index is 0.0241. The molecule has 0 saturated heterocycles. The van der Waals surface area contributed by atoms with Crippen molar-refractivity contribution in [1.29, 1.82) is 0 Å². The molecule has 1 atom stereocenters. The Labute approximate surface area is 129 Å². The number of rotatable bonds is 7. The maximum absolute atomic E-state index is 11.8. The molecule has 0 saturated carbocycles. The summed E-state index contributed by atoms with van der Waals surface area (Å²) in [6.07, 6.45) is 0.721. The van der Waals surface area contributed by atoms with Crippen molar-refractivity contribution in [2.45, 2.75) is 33.2 Å². The van der Waals surface area contributed by atoms with Crippen LogP contribution in [0.25, 0.3) is 0 Å². The number of nitrogens with two attached hydrogens (primary N) is 1. The number of ether oxygens (including phenoxy) is 1. The van der Waals surface area contributed by atoms with E-state index in [-0.39, 0.29) is 18.6 Å². The molecule has 0 aliphatic carbocycles. The molecule has 1 rings (SSSR count). The molecule has 0 aromatic heterocycles. The number of hydrogen-bond acceptors (Lipinski definition) is 3. The molecule has 4 nitrogen and oxygen atoms in total. The van der Waals surface area contributed by atoms with E-state index >= 15 is 0 Å². The van der Waals surface area contributed by atoms with Crippen LogP contribution in [0.5, 0.6) is 5.75 Å². The third-order valence-electron chi connectivity index (χ3n) is 3.18. The van der Waals surface area contributed by atoms with E-state index in [0.717, 1.165) is 16.5 Å². The summed E-state index contributed by atoms with van der Waals surface area (Å²) in [7, 11) is 0. The Hall–Kier alpha value is -1.07. The van der Waals surface area contributed by atoms with Gasteiger partial charge in [0.2, 0.25) is 0 Å². The van der Waals surface area contributed by atoms with Crippen molar-refractivity contribution in [2.24, 2.45) is 11.7 Å². The van der Waals surface area contributed by atoms with Crippen LogP contribution in [0.1, 0.15) is 26.3 Å². The molecule has 0 bridgehead atoms. The van der Waals surface area contributed by atoms with Crippen LogP contribution in [0.4, 0.5) is 0 Å². The van der Waals surface area contributed by atoms with Gasteiger partial charge in [0.05, 0.1) is 0 Å². The van der Waals surface area contributed by atoms with Gasteiger partial charge in [0.1, 0.15) is 5.75 Å². The first-order valence-electron chi connectivity index (χ1n) is 6.84. The lowest BCUT2D eigenvalue weighted by Gasteiger charge is -2.18. The number of amides is 1. The average molecular weight is 343 g/mol. The minimum Gasteiger partial charge on any atom is -0.483 e. The van der Waals surface area contributed by atoms with Crippen molar-refractivity contribution >= 4 is 21.8 Å². The predicted molar refractivity (Wildman–Crippen MR) is 84.8 cm³/mol. The maximum Gasteiger partial charge on any atom is 0.258 e. The molecule has 1 aromatic rings. The first-order valence-corrected chi connectivity index (χ1v) is 7.64. The smallest absolute Gasteiger partial charge is 0.258 e. The second kappa shape index (κ2) is 8.27. The molecular weight excluding hydrogens is 320 g/mol. The molecule has 20 heavy (non-hydrogen) atoms. The molecule has 0 aliphatic rings. The first-order chi connectivity index (χ1) is 9.43. The molecular formula is C15H23BrN2O2. The van der Waals surface area contributed by atoms with Gasteiger partial charge in [0.25, 0.3) is 5.91 Å². The third-order valence-corrected chi connectivity index (χ3v) is 3.68. The van der Waals surface area contributed by atoms with Crippen LogP contribution in [0.2, 0.25) is 0 Å². The van der Waals surface area contributed by atoms with Crippen LogP contribution < -0.4 is 15.8 Å². The number of carbonyl (C=O) groups is 1. The Morgan fingerprint density at radius 2 is 2.10 bits per heavy atom. The van der Waals surface area contributed by atoms with Gasteiger partial charge < -0.3 is 15.8 Å². The second-order valence-corrected chi connectivity index (χ2v) is 6.10. The van der Waals surface area contributed by atoms with E-state index in [2.05, 4.69) is 35.1 Å². The highest BCUT2D eigenvalue weighted by molar-refractivity contribution is 9.10. The monoisotopic (exact) mass is 342 g/mol. The van der Waals surface area contributed by atoms with Gasteiger partial charge in [-0.15, -0.1) is 0 Å². The van der Waals surface area contributed by atoms with E-state index < -0.39 is 0 Å². The van der Waals surface area contributed by atoms with Crippen molar-refractivity contribution in [1.82, 2.24) is 5.32 Å². The quantitative estimate of drug-likeness (QED) is 0.800. The molecule has 0 heterocycles. The largest absolute Gasteiger partial charge is 0.483 e. The van der Waals surface area contributed by atoms with Crippen molar-refractivity contribution < 1.29 is 9.53 Å². The van der Waals surface area contributed by atoms with Gasteiger partial charge in [0.15, 0.2) is 6.61 Å². The molecule has 0 aliphatic heterocycles.